The van der Waals surface area contributed by atoms with Crippen molar-refractivity contribution in [1.82, 2.24) is 5.32 Å². The van der Waals surface area contributed by atoms with Crippen LogP contribution in [0, 0.1) is 0 Å². The summed E-state index contributed by atoms with van der Waals surface area (Å²) in [5, 5.41) is 2.62. The van der Waals surface area contributed by atoms with E-state index >= 15 is 0 Å². The molecule has 3 N–H and O–H groups in total. The van der Waals surface area contributed by atoms with Crippen LogP contribution in [0.1, 0.15) is 20.8 Å². The molecule has 1 rings (SSSR count). The number of nitrogens with zero attached hydrogens (tertiary/aromatic N) is 1. The van der Waals surface area contributed by atoms with Crippen LogP contribution in [0.5, 0.6) is 0 Å². The third kappa shape index (κ3) is 4.31. The molecule has 1 aliphatic carbocycles. The standard InChI is InChI=1S/C14H21N3O3/c1-4-20-13(19)14(3,17-10(2)18)12(6-5-9-15)16-11-7-8-11/h5-8,11H,4,9,15H2,1-3H3,(H,17,18). The lowest BCUT2D eigenvalue weighted by Gasteiger charge is -2.28. The van der Waals surface area contributed by atoms with E-state index in [1.54, 1.807) is 26.0 Å². The topological polar surface area (TPSA) is 93.8 Å². The molecule has 0 radical (unpaired) electrons. The first-order chi connectivity index (χ1) is 9.43. The highest BCUT2D eigenvalue weighted by Crippen LogP contribution is 2.17. The zero-order chi connectivity index (χ0) is 15.2. The highest BCUT2D eigenvalue weighted by Gasteiger charge is 2.40. The molecule has 0 heterocycles. The highest BCUT2D eigenvalue weighted by atomic mass is 16.5. The van der Waals surface area contributed by atoms with Gasteiger partial charge in [0.25, 0.3) is 0 Å². The highest BCUT2D eigenvalue weighted by molar-refractivity contribution is 6.18. The van der Waals surface area contributed by atoms with Crippen LogP contribution in [0.4, 0.5) is 0 Å². The predicted molar refractivity (Wildman–Crippen MR) is 77.4 cm³/mol. The van der Waals surface area contributed by atoms with Gasteiger partial charge in [-0.25, -0.2) is 4.79 Å². The van der Waals surface area contributed by atoms with Gasteiger partial charge in [0, 0.05) is 13.5 Å². The summed E-state index contributed by atoms with van der Waals surface area (Å²) in [6.45, 7) is 5.17. The maximum Gasteiger partial charge on any atom is 0.337 e. The molecule has 0 saturated carbocycles. The summed E-state index contributed by atoms with van der Waals surface area (Å²) in [6.07, 6.45) is 7.10. The Bertz CT molecular complexity index is 462. The predicted octanol–water partition coefficient (Wildman–Crippen LogP) is 0.339. The van der Waals surface area contributed by atoms with Crippen LogP contribution >= 0.6 is 0 Å². The summed E-state index contributed by atoms with van der Waals surface area (Å²) in [7, 11) is 0. The van der Waals surface area contributed by atoms with E-state index in [9.17, 15) is 9.59 Å². The number of carbonyl (C=O) groups excluding carboxylic acids is 2. The molecule has 0 aliphatic heterocycles. The molecular weight excluding hydrogens is 258 g/mol. The van der Waals surface area contributed by atoms with Crippen LogP contribution in [-0.2, 0) is 14.3 Å². The molecule has 0 aromatic carbocycles. The number of hydrogen-bond acceptors (Lipinski definition) is 5. The number of rotatable bonds is 7. The minimum Gasteiger partial charge on any atom is -0.464 e. The summed E-state index contributed by atoms with van der Waals surface area (Å²) in [6, 6.07) is -0.0325. The molecule has 20 heavy (non-hydrogen) atoms. The van der Waals surface area contributed by atoms with Crippen molar-refractivity contribution in [1.29, 1.82) is 0 Å². The smallest absolute Gasteiger partial charge is 0.337 e. The van der Waals surface area contributed by atoms with Gasteiger partial charge in [0.05, 0.1) is 18.4 Å². The number of hydrogen-bond donors (Lipinski definition) is 2. The normalized spacial score (nSPS) is 17.9. The first-order valence-electron chi connectivity index (χ1n) is 6.53. The van der Waals surface area contributed by atoms with E-state index in [-0.39, 0.29) is 18.6 Å². The van der Waals surface area contributed by atoms with Crippen molar-refractivity contribution in [3.05, 3.63) is 24.3 Å². The van der Waals surface area contributed by atoms with Crippen molar-refractivity contribution in [2.24, 2.45) is 10.7 Å². The molecule has 1 amide bonds. The molecule has 0 aromatic rings. The first kappa shape index (κ1) is 16.1. The van der Waals surface area contributed by atoms with Gasteiger partial charge in [0.1, 0.15) is 0 Å². The first-order valence-corrected chi connectivity index (χ1v) is 6.53. The third-order valence-electron chi connectivity index (χ3n) is 2.69. The lowest BCUT2D eigenvalue weighted by molar-refractivity contribution is -0.149. The molecule has 6 heteroatoms. The SMILES string of the molecule is CCOC(=O)C(C)(NC(C)=O)C(C=CCN)=NC1C=C1. The van der Waals surface area contributed by atoms with Crippen molar-refractivity contribution in [3.8, 4) is 0 Å². The van der Waals surface area contributed by atoms with Crippen molar-refractivity contribution < 1.29 is 14.3 Å². The number of carbonyl (C=O) groups is 2. The Morgan fingerprint density at radius 2 is 2.15 bits per heavy atom. The Labute approximate surface area is 118 Å². The molecule has 0 saturated heterocycles. The molecule has 0 spiro atoms. The second-order valence-corrected chi connectivity index (χ2v) is 4.55. The van der Waals surface area contributed by atoms with Crippen LogP contribution in [0.25, 0.3) is 0 Å². The Morgan fingerprint density at radius 1 is 1.50 bits per heavy atom. The quantitative estimate of drug-likeness (QED) is 0.399. The largest absolute Gasteiger partial charge is 0.464 e. The molecule has 110 valence electrons. The lowest BCUT2D eigenvalue weighted by Crippen LogP contribution is -2.57. The van der Waals surface area contributed by atoms with Gasteiger partial charge in [-0.1, -0.05) is 18.2 Å². The van der Waals surface area contributed by atoms with Gasteiger partial charge in [-0.2, -0.15) is 0 Å². The van der Waals surface area contributed by atoms with E-state index in [4.69, 9.17) is 10.5 Å². The average molecular weight is 279 g/mol. The van der Waals surface area contributed by atoms with Gasteiger partial charge in [0.2, 0.25) is 5.91 Å². The zero-order valence-electron chi connectivity index (χ0n) is 12.1. The fourth-order valence-corrected chi connectivity index (χ4v) is 1.66. The monoisotopic (exact) mass is 279 g/mol. The molecule has 0 bridgehead atoms. The minimum absolute atomic E-state index is 0.0325. The molecule has 1 atom stereocenters. The Hall–Kier alpha value is -1.95. The van der Waals surface area contributed by atoms with Crippen LogP contribution in [0.3, 0.4) is 0 Å². The van der Waals surface area contributed by atoms with E-state index in [1.165, 1.54) is 6.92 Å². The van der Waals surface area contributed by atoms with Crippen LogP contribution in [0.15, 0.2) is 29.3 Å². The number of nitrogens with one attached hydrogen (secondary N) is 1. The van der Waals surface area contributed by atoms with E-state index < -0.39 is 11.5 Å². The summed E-state index contributed by atoms with van der Waals surface area (Å²) in [5.41, 5.74) is 4.54. The number of aliphatic imine (C=N–C) groups is 1. The number of amides is 1. The van der Waals surface area contributed by atoms with Gasteiger partial charge in [-0.05, 0) is 19.9 Å². The summed E-state index contributed by atoms with van der Waals surface area (Å²) in [5.74, 6) is -0.880. The van der Waals surface area contributed by atoms with Crippen LogP contribution < -0.4 is 11.1 Å². The molecule has 0 fully saturated rings. The zero-order valence-corrected chi connectivity index (χ0v) is 12.1. The Morgan fingerprint density at radius 3 is 2.60 bits per heavy atom. The average Bonchev–Trinajstić information content (AvgIpc) is 3.17. The Kier molecular flexibility index (Phi) is 5.64. The van der Waals surface area contributed by atoms with Crippen molar-refractivity contribution in [2.45, 2.75) is 32.4 Å². The van der Waals surface area contributed by atoms with Crippen molar-refractivity contribution >= 4 is 17.6 Å². The van der Waals surface area contributed by atoms with E-state index in [0.29, 0.717) is 12.3 Å². The Balaban J connectivity index is 3.11. The summed E-state index contributed by atoms with van der Waals surface area (Å²) in [4.78, 5) is 28.0. The van der Waals surface area contributed by atoms with Crippen LogP contribution in [0.2, 0.25) is 0 Å². The number of nitrogens with two attached hydrogens (primary N) is 1. The van der Waals surface area contributed by atoms with E-state index in [0.717, 1.165) is 0 Å². The van der Waals surface area contributed by atoms with Crippen molar-refractivity contribution in [3.63, 3.8) is 0 Å². The molecule has 6 nitrogen and oxygen atoms in total. The summed E-state index contributed by atoms with van der Waals surface area (Å²) < 4.78 is 5.05. The molecular formula is C14H21N3O3. The van der Waals surface area contributed by atoms with Crippen LogP contribution in [-0.4, -0.2) is 42.3 Å². The fraction of sp³-hybridized carbons (Fsp3) is 0.500. The van der Waals surface area contributed by atoms with Gasteiger partial charge in [-0.15, -0.1) is 0 Å². The van der Waals surface area contributed by atoms with E-state index in [1.807, 2.05) is 12.2 Å². The van der Waals surface area contributed by atoms with Crippen molar-refractivity contribution in [2.75, 3.05) is 13.2 Å². The van der Waals surface area contributed by atoms with Gasteiger partial charge < -0.3 is 15.8 Å². The lowest BCUT2D eigenvalue weighted by atomic mass is 9.94. The van der Waals surface area contributed by atoms with Gasteiger partial charge >= 0.3 is 5.97 Å². The molecule has 1 aliphatic rings. The molecule has 0 aromatic heterocycles. The second-order valence-electron chi connectivity index (χ2n) is 4.55. The second kappa shape index (κ2) is 7.00. The minimum atomic E-state index is -1.32. The fourth-order valence-electron chi connectivity index (χ4n) is 1.66. The number of ether oxygens (including phenoxy) is 1. The summed E-state index contributed by atoms with van der Waals surface area (Å²) >= 11 is 0. The molecule has 1 unspecified atom stereocenters. The van der Waals surface area contributed by atoms with Gasteiger partial charge in [-0.3, -0.25) is 9.79 Å². The maximum atomic E-state index is 12.2. The number of esters is 1. The third-order valence-corrected chi connectivity index (χ3v) is 2.69. The van der Waals surface area contributed by atoms with Gasteiger partial charge in [0.15, 0.2) is 5.54 Å². The maximum absolute atomic E-state index is 12.2. The van der Waals surface area contributed by atoms with E-state index in [2.05, 4.69) is 10.3 Å².